The predicted octanol–water partition coefficient (Wildman–Crippen LogP) is 2.78. The van der Waals surface area contributed by atoms with Crippen molar-refractivity contribution >= 4 is 17.5 Å². The van der Waals surface area contributed by atoms with Crippen molar-refractivity contribution in [3.8, 4) is 5.75 Å². The van der Waals surface area contributed by atoms with E-state index in [1.54, 1.807) is 38.3 Å². The van der Waals surface area contributed by atoms with E-state index in [0.717, 1.165) is 5.56 Å². The van der Waals surface area contributed by atoms with Crippen LogP contribution in [0, 0.1) is 6.92 Å². The first-order valence-electron chi connectivity index (χ1n) is 8.41. The van der Waals surface area contributed by atoms with Gasteiger partial charge in [-0.15, -0.1) is 0 Å². The summed E-state index contributed by atoms with van der Waals surface area (Å²) in [6.07, 6.45) is -0.671. The van der Waals surface area contributed by atoms with E-state index in [1.807, 2.05) is 31.2 Å². The van der Waals surface area contributed by atoms with E-state index in [-0.39, 0.29) is 11.8 Å². The molecule has 2 amide bonds. The standard InChI is InChI=1S/C20H24N2O4/c1-14-7-4-5-10-18(14)26-15(2)19(23)22-17-9-6-8-16(13-17)20(24)21-11-12-25-3/h4-10,13,15H,11-12H2,1-3H3,(H,21,24)(H,22,23)/t15-/m0/s1. The lowest BCUT2D eigenvalue weighted by atomic mass is 10.2. The monoisotopic (exact) mass is 356 g/mol. The van der Waals surface area contributed by atoms with Gasteiger partial charge in [0.25, 0.3) is 11.8 Å². The highest BCUT2D eigenvalue weighted by Crippen LogP contribution is 2.18. The number of para-hydroxylation sites is 1. The van der Waals surface area contributed by atoms with Crippen LogP contribution < -0.4 is 15.4 Å². The van der Waals surface area contributed by atoms with Gasteiger partial charge in [0.2, 0.25) is 0 Å². The number of carbonyl (C=O) groups excluding carboxylic acids is 2. The summed E-state index contributed by atoms with van der Waals surface area (Å²) in [5.41, 5.74) is 1.96. The predicted molar refractivity (Wildman–Crippen MR) is 101 cm³/mol. The van der Waals surface area contributed by atoms with Crippen LogP contribution in [0.1, 0.15) is 22.8 Å². The van der Waals surface area contributed by atoms with Gasteiger partial charge >= 0.3 is 0 Å². The number of rotatable bonds is 8. The maximum atomic E-state index is 12.4. The van der Waals surface area contributed by atoms with Crippen LogP contribution in [0.25, 0.3) is 0 Å². The van der Waals surface area contributed by atoms with Crippen LogP contribution in [0.15, 0.2) is 48.5 Å². The maximum Gasteiger partial charge on any atom is 0.265 e. The quantitative estimate of drug-likeness (QED) is 0.713. The summed E-state index contributed by atoms with van der Waals surface area (Å²) in [5.74, 6) is 0.161. The van der Waals surface area contributed by atoms with Crippen LogP contribution in [0.5, 0.6) is 5.75 Å². The van der Waals surface area contributed by atoms with E-state index in [1.165, 1.54) is 0 Å². The number of nitrogens with one attached hydrogen (secondary N) is 2. The lowest BCUT2D eigenvalue weighted by molar-refractivity contribution is -0.122. The second-order valence-electron chi connectivity index (χ2n) is 5.84. The second kappa shape index (κ2) is 9.58. The highest BCUT2D eigenvalue weighted by molar-refractivity contribution is 5.98. The van der Waals surface area contributed by atoms with Gasteiger partial charge in [-0.25, -0.2) is 0 Å². The smallest absolute Gasteiger partial charge is 0.265 e. The minimum atomic E-state index is -0.671. The Bertz CT molecular complexity index is 761. The molecule has 2 rings (SSSR count). The largest absolute Gasteiger partial charge is 0.481 e. The molecule has 0 aliphatic carbocycles. The molecule has 0 spiro atoms. The number of benzene rings is 2. The third-order valence-corrected chi connectivity index (χ3v) is 3.75. The maximum absolute atomic E-state index is 12.4. The van der Waals surface area contributed by atoms with Crippen molar-refractivity contribution in [2.75, 3.05) is 25.6 Å². The first kappa shape index (κ1) is 19.5. The molecule has 138 valence electrons. The van der Waals surface area contributed by atoms with E-state index >= 15 is 0 Å². The molecule has 0 aliphatic heterocycles. The molecule has 0 aromatic heterocycles. The highest BCUT2D eigenvalue weighted by atomic mass is 16.5. The third-order valence-electron chi connectivity index (χ3n) is 3.75. The second-order valence-corrected chi connectivity index (χ2v) is 5.84. The van der Waals surface area contributed by atoms with E-state index in [2.05, 4.69) is 10.6 Å². The van der Waals surface area contributed by atoms with Crippen molar-refractivity contribution in [2.24, 2.45) is 0 Å². The molecule has 26 heavy (non-hydrogen) atoms. The van der Waals surface area contributed by atoms with Crippen molar-refractivity contribution < 1.29 is 19.1 Å². The lowest BCUT2D eigenvalue weighted by Crippen LogP contribution is -2.30. The van der Waals surface area contributed by atoms with Gasteiger partial charge in [-0.1, -0.05) is 24.3 Å². The fourth-order valence-electron chi connectivity index (χ4n) is 2.28. The number of hydrogen-bond acceptors (Lipinski definition) is 4. The van der Waals surface area contributed by atoms with Crippen LogP contribution in [-0.2, 0) is 9.53 Å². The van der Waals surface area contributed by atoms with Crippen LogP contribution >= 0.6 is 0 Å². The van der Waals surface area contributed by atoms with Gasteiger partial charge in [-0.3, -0.25) is 9.59 Å². The average molecular weight is 356 g/mol. The molecular formula is C20H24N2O4. The molecule has 2 aromatic carbocycles. The van der Waals surface area contributed by atoms with Crippen LogP contribution in [0.2, 0.25) is 0 Å². The molecule has 2 N–H and O–H groups in total. The summed E-state index contributed by atoms with van der Waals surface area (Å²) in [5, 5.41) is 5.52. The molecule has 6 heteroatoms. The van der Waals surface area contributed by atoms with Crippen molar-refractivity contribution in [1.82, 2.24) is 5.32 Å². The van der Waals surface area contributed by atoms with Gasteiger partial charge in [0.05, 0.1) is 6.61 Å². The Morgan fingerprint density at radius 3 is 2.62 bits per heavy atom. The molecule has 0 bridgehead atoms. The lowest BCUT2D eigenvalue weighted by Gasteiger charge is -2.16. The molecule has 0 unspecified atom stereocenters. The van der Waals surface area contributed by atoms with Gasteiger partial charge in [-0.2, -0.15) is 0 Å². The minimum absolute atomic E-state index is 0.220. The SMILES string of the molecule is COCCNC(=O)c1cccc(NC(=O)[C@H](C)Oc2ccccc2C)c1. The zero-order valence-electron chi connectivity index (χ0n) is 15.2. The summed E-state index contributed by atoms with van der Waals surface area (Å²) in [7, 11) is 1.57. The minimum Gasteiger partial charge on any atom is -0.481 e. The molecule has 0 radical (unpaired) electrons. The number of carbonyl (C=O) groups is 2. The van der Waals surface area contributed by atoms with Gasteiger partial charge in [0.15, 0.2) is 6.10 Å². The number of ether oxygens (including phenoxy) is 2. The highest BCUT2D eigenvalue weighted by Gasteiger charge is 2.16. The molecule has 2 aromatic rings. The third kappa shape index (κ3) is 5.60. The molecule has 0 aliphatic rings. The fraction of sp³-hybridized carbons (Fsp3) is 0.300. The fourth-order valence-corrected chi connectivity index (χ4v) is 2.28. The summed E-state index contributed by atoms with van der Waals surface area (Å²) < 4.78 is 10.6. The molecule has 0 fully saturated rings. The Morgan fingerprint density at radius 2 is 1.88 bits per heavy atom. The van der Waals surface area contributed by atoms with Crippen molar-refractivity contribution in [1.29, 1.82) is 0 Å². The van der Waals surface area contributed by atoms with Crippen molar-refractivity contribution in [2.45, 2.75) is 20.0 Å². The molecule has 0 saturated carbocycles. The van der Waals surface area contributed by atoms with Gasteiger partial charge in [0.1, 0.15) is 5.75 Å². The first-order valence-corrected chi connectivity index (χ1v) is 8.41. The zero-order valence-corrected chi connectivity index (χ0v) is 15.2. The Kier molecular flexibility index (Phi) is 7.17. The number of methoxy groups -OCH3 is 1. The van der Waals surface area contributed by atoms with Gasteiger partial charge < -0.3 is 20.1 Å². The Labute approximate surface area is 153 Å². The van der Waals surface area contributed by atoms with Crippen LogP contribution in [-0.4, -0.2) is 38.2 Å². The van der Waals surface area contributed by atoms with E-state index < -0.39 is 6.10 Å². The summed E-state index contributed by atoms with van der Waals surface area (Å²) in [6, 6.07) is 14.3. The first-order chi connectivity index (χ1) is 12.5. The Hall–Kier alpha value is -2.86. The van der Waals surface area contributed by atoms with Crippen molar-refractivity contribution in [3.63, 3.8) is 0 Å². The zero-order chi connectivity index (χ0) is 18.9. The van der Waals surface area contributed by atoms with E-state index in [0.29, 0.717) is 30.2 Å². The average Bonchev–Trinajstić information content (AvgIpc) is 2.64. The molecule has 0 saturated heterocycles. The molecule has 1 atom stereocenters. The Balaban J connectivity index is 1.97. The number of aryl methyl sites for hydroxylation is 1. The van der Waals surface area contributed by atoms with Gasteiger partial charge in [-0.05, 0) is 43.7 Å². The van der Waals surface area contributed by atoms with Crippen LogP contribution in [0.3, 0.4) is 0 Å². The summed E-state index contributed by atoms with van der Waals surface area (Å²) >= 11 is 0. The Morgan fingerprint density at radius 1 is 1.12 bits per heavy atom. The summed E-state index contributed by atoms with van der Waals surface area (Å²) in [4.78, 5) is 24.4. The topological polar surface area (TPSA) is 76.7 Å². The van der Waals surface area contributed by atoms with Gasteiger partial charge in [0, 0.05) is 24.9 Å². The van der Waals surface area contributed by atoms with E-state index in [9.17, 15) is 9.59 Å². The molecule has 6 nitrogen and oxygen atoms in total. The number of anilines is 1. The number of hydrogen-bond donors (Lipinski definition) is 2. The molecule has 0 heterocycles. The van der Waals surface area contributed by atoms with E-state index in [4.69, 9.17) is 9.47 Å². The summed E-state index contributed by atoms with van der Waals surface area (Å²) in [6.45, 7) is 4.47. The normalized spacial score (nSPS) is 11.5. The van der Waals surface area contributed by atoms with Crippen LogP contribution in [0.4, 0.5) is 5.69 Å². The number of amides is 2. The molecular weight excluding hydrogens is 332 g/mol. The van der Waals surface area contributed by atoms with Crippen molar-refractivity contribution in [3.05, 3.63) is 59.7 Å².